The Kier molecular flexibility index (Phi) is 5.75. The van der Waals surface area contributed by atoms with Gasteiger partial charge in [0.2, 0.25) is 0 Å². The summed E-state index contributed by atoms with van der Waals surface area (Å²) in [6, 6.07) is 13.5. The molecular weight excluding hydrogens is 362 g/mol. The van der Waals surface area contributed by atoms with Gasteiger partial charge in [-0.15, -0.1) is 0 Å². The lowest BCUT2D eigenvalue weighted by molar-refractivity contribution is 0.00578. The number of benzene rings is 2. The van der Waals surface area contributed by atoms with Crippen LogP contribution < -0.4 is 14.9 Å². The number of hydrogen-bond donors (Lipinski definition) is 0. The van der Waals surface area contributed by atoms with Crippen molar-refractivity contribution in [2.24, 2.45) is 0 Å². The van der Waals surface area contributed by atoms with Crippen molar-refractivity contribution in [2.45, 2.75) is 45.8 Å². The van der Waals surface area contributed by atoms with Crippen molar-refractivity contribution in [1.82, 2.24) is 0 Å². The molecule has 4 nitrogen and oxygen atoms in total. The van der Waals surface area contributed by atoms with Gasteiger partial charge in [0.1, 0.15) is 24.7 Å². The molecule has 0 saturated carbocycles. The average molecular weight is 389 g/mol. The van der Waals surface area contributed by atoms with Gasteiger partial charge in [0.05, 0.1) is 16.2 Å². The molecule has 0 aromatic heterocycles. The van der Waals surface area contributed by atoms with E-state index in [-0.39, 0.29) is 11.2 Å². The van der Waals surface area contributed by atoms with Crippen LogP contribution in [-0.2, 0) is 9.31 Å². The van der Waals surface area contributed by atoms with E-state index in [0.29, 0.717) is 24.0 Å². The van der Waals surface area contributed by atoms with E-state index in [1.807, 2.05) is 77.1 Å². The fourth-order valence-corrected chi connectivity index (χ4v) is 2.93. The highest BCUT2D eigenvalue weighted by Crippen LogP contribution is 2.36. The minimum Gasteiger partial charge on any atom is -0.490 e. The van der Waals surface area contributed by atoms with Gasteiger partial charge >= 0.3 is 7.12 Å². The maximum atomic E-state index is 6.14. The Bertz CT molecular complexity index is 791. The summed E-state index contributed by atoms with van der Waals surface area (Å²) < 4.78 is 23.7. The summed E-state index contributed by atoms with van der Waals surface area (Å²) in [4.78, 5) is 0. The third-order valence-corrected chi connectivity index (χ3v) is 5.39. The van der Waals surface area contributed by atoms with Crippen LogP contribution in [0.4, 0.5) is 0 Å². The average Bonchev–Trinajstić information content (AvgIpc) is 2.83. The van der Waals surface area contributed by atoms with Gasteiger partial charge in [0, 0.05) is 0 Å². The zero-order chi connectivity index (χ0) is 19.7. The summed E-state index contributed by atoms with van der Waals surface area (Å²) in [6.07, 6.45) is 0. The van der Waals surface area contributed by atoms with Crippen LogP contribution in [0.3, 0.4) is 0 Å². The molecule has 0 aliphatic carbocycles. The molecule has 1 saturated heterocycles. The molecular formula is C21H26BClO4. The van der Waals surface area contributed by atoms with Crippen molar-refractivity contribution >= 4 is 24.2 Å². The van der Waals surface area contributed by atoms with Crippen LogP contribution in [0.2, 0.25) is 5.02 Å². The standard InChI is InChI=1S/C21H26BClO4/c1-15-9-10-18(23)19(13-15)25-12-11-24-17-8-6-7-16(14-17)22-26-20(2,3)21(4,5)27-22/h6-10,13-14H,11-12H2,1-5H3. The number of aryl methyl sites for hydroxylation is 1. The van der Waals surface area contributed by atoms with Crippen LogP contribution in [0, 0.1) is 6.92 Å². The molecule has 2 aromatic carbocycles. The van der Waals surface area contributed by atoms with E-state index in [4.69, 9.17) is 30.4 Å². The van der Waals surface area contributed by atoms with Crippen LogP contribution in [0.5, 0.6) is 11.5 Å². The molecule has 1 fully saturated rings. The highest BCUT2D eigenvalue weighted by Gasteiger charge is 2.51. The second kappa shape index (κ2) is 7.74. The van der Waals surface area contributed by atoms with Crippen LogP contribution in [0.1, 0.15) is 33.3 Å². The van der Waals surface area contributed by atoms with Gasteiger partial charge in [-0.2, -0.15) is 0 Å². The van der Waals surface area contributed by atoms with E-state index in [1.165, 1.54) is 0 Å². The van der Waals surface area contributed by atoms with Gasteiger partial charge in [0.25, 0.3) is 0 Å². The molecule has 6 heteroatoms. The fraction of sp³-hybridized carbons (Fsp3) is 0.429. The summed E-state index contributed by atoms with van der Waals surface area (Å²) in [5.74, 6) is 1.42. The highest BCUT2D eigenvalue weighted by molar-refractivity contribution is 6.62. The Morgan fingerprint density at radius 1 is 0.926 bits per heavy atom. The van der Waals surface area contributed by atoms with Gasteiger partial charge in [-0.1, -0.05) is 29.8 Å². The van der Waals surface area contributed by atoms with E-state index in [1.54, 1.807) is 0 Å². The molecule has 0 N–H and O–H groups in total. The summed E-state index contributed by atoms with van der Waals surface area (Å²) in [7, 11) is -0.402. The molecule has 1 aliphatic heterocycles. The van der Waals surface area contributed by atoms with E-state index >= 15 is 0 Å². The van der Waals surface area contributed by atoms with Crippen LogP contribution >= 0.6 is 11.6 Å². The van der Waals surface area contributed by atoms with E-state index in [0.717, 1.165) is 16.8 Å². The zero-order valence-electron chi connectivity index (χ0n) is 16.5. The lowest BCUT2D eigenvalue weighted by Crippen LogP contribution is -2.41. The second-order valence-electron chi connectivity index (χ2n) is 7.79. The largest absolute Gasteiger partial charge is 0.494 e. The van der Waals surface area contributed by atoms with Crippen molar-refractivity contribution in [3.8, 4) is 11.5 Å². The lowest BCUT2D eigenvalue weighted by atomic mass is 9.79. The quantitative estimate of drug-likeness (QED) is 0.543. The Balaban J connectivity index is 1.56. The predicted octanol–water partition coefficient (Wildman–Crippen LogP) is 4.41. The van der Waals surface area contributed by atoms with Crippen molar-refractivity contribution in [2.75, 3.05) is 13.2 Å². The summed E-state index contributed by atoms with van der Waals surface area (Å²) in [5, 5.41) is 0.600. The fourth-order valence-electron chi connectivity index (χ4n) is 2.76. The normalized spacial score (nSPS) is 17.8. The second-order valence-corrected chi connectivity index (χ2v) is 8.20. The van der Waals surface area contributed by atoms with Gasteiger partial charge in [-0.05, 0) is 69.9 Å². The van der Waals surface area contributed by atoms with E-state index in [9.17, 15) is 0 Å². The van der Waals surface area contributed by atoms with Crippen molar-refractivity contribution in [1.29, 1.82) is 0 Å². The first kappa shape index (κ1) is 20.1. The topological polar surface area (TPSA) is 36.9 Å². The Morgan fingerprint density at radius 2 is 1.59 bits per heavy atom. The van der Waals surface area contributed by atoms with Crippen molar-refractivity contribution < 1.29 is 18.8 Å². The molecule has 0 atom stereocenters. The first-order valence-corrected chi connectivity index (χ1v) is 9.53. The number of halogens is 1. The summed E-state index contributed by atoms with van der Waals surface area (Å²) in [5.41, 5.74) is 1.31. The third-order valence-electron chi connectivity index (χ3n) is 5.08. The molecule has 0 spiro atoms. The van der Waals surface area contributed by atoms with Crippen LogP contribution in [0.15, 0.2) is 42.5 Å². The molecule has 144 valence electrons. The minimum absolute atomic E-state index is 0.366. The lowest BCUT2D eigenvalue weighted by Gasteiger charge is -2.32. The minimum atomic E-state index is -0.402. The molecule has 0 bridgehead atoms. The Labute approximate surface area is 166 Å². The molecule has 27 heavy (non-hydrogen) atoms. The molecule has 2 aromatic rings. The maximum absolute atomic E-state index is 6.14. The van der Waals surface area contributed by atoms with Crippen LogP contribution in [0.25, 0.3) is 0 Å². The molecule has 0 unspecified atom stereocenters. The van der Waals surface area contributed by atoms with Crippen molar-refractivity contribution in [3.05, 3.63) is 53.1 Å². The molecule has 1 aliphatic rings. The predicted molar refractivity (Wildman–Crippen MR) is 109 cm³/mol. The summed E-state index contributed by atoms with van der Waals surface area (Å²) in [6.45, 7) is 11.0. The number of ether oxygens (including phenoxy) is 2. The van der Waals surface area contributed by atoms with E-state index < -0.39 is 7.12 Å². The molecule has 1 heterocycles. The number of hydrogen-bond acceptors (Lipinski definition) is 4. The Morgan fingerprint density at radius 3 is 2.30 bits per heavy atom. The van der Waals surface area contributed by atoms with E-state index in [2.05, 4.69) is 0 Å². The molecule has 3 rings (SSSR count). The van der Waals surface area contributed by atoms with Crippen LogP contribution in [-0.4, -0.2) is 31.5 Å². The Hall–Kier alpha value is -1.69. The van der Waals surface area contributed by atoms with Crippen molar-refractivity contribution in [3.63, 3.8) is 0 Å². The first-order chi connectivity index (χ1) is 12.7. The van der Waals surface area contributed by atoms with Gasteiger partial charge < -0.3 is 18.8 Å². The molecule has 0 amide bonds. The van der Waals surface area contributed by atoms with Gasteiger partial charge in [0.15, 0.2) is 0 Å². The van der Waals surface area contributed by atoms with Gasteiger partial charge in [-0.3, -0.25) is 0 Å². The zero-order valence-corrected chi connectivity index (χ0v) is 17.3. The molecule has 0 radical (unpaired) electrons. The highest BCUT2D eigenvalue weighted by atomic mass is 35.5. The van der Waals surface area contributed by atoms with Gasteiger partial charge in [-0.25, -0.2) is 0 Å². The summed E-state index contributed by atoms with van der Waals surface area (Å²) >= 11 is 6.14. The number of rotatable bonds is 6. The monoisotopic (exact) mass is 388 g/mol. The SMILES string of the molecule is Cc1ccc(Cl)c(OCCOc2cccc(B3OC(C)(C)C(C)(C)O3)c2)c1. The third kappa shape index (κ3) is 4.60. The maximum Gasteiger partial charge on any atom is 0.494 e. The smallest absolute Gasteiger partial charge is 0.490 e. The first-order valence-electron chi connectivity index (χ1n) is 9.15.